The molecule has 3 rings (SSSR count). The van der Waals surface area contributed by atoms with Crippen LogP contribution in [0, 0.1) is 0 Å². The van der Waals surface area contributed by atoms with Gasteiger partial charge < -0.3 is 10.4 Å². The highest BCUT2D eigenvalue weighted by molar-refractivity contribution is 8.15. The number of amidine groups is 1. The molecule has 0 spiro atoms. The summed E-state index contributed by atoms with van der Waals surface area (Å²) in [5.74, 6) is -1.32. The third-order valence-corrected chi connectivity index (χ3v) is 4.66. The minimum atomic E-state index is -0.999. The summed E-state index contributed by atoms with van der Waals surface area (Å²) in [5, 5.41) is 19.4. The van der Waals surface area contributed by atoms with Crippen LogP contribution in [0.4, 0.5) is 0 Å². The van der Waals surface area contributed by atoms with Crippen molar-refractivity contribution < 1.29 is 14.7 Å². The molecule has 0 radical (unpaired) electrons. The molecule has 22 heavy (non-hydrogen) atoms. The van der Waals surface area contributed by atoms with E-state index in [-0.39, 0.29) is 12.3 Å². The highest BCUT2D eigenvalue weighted by atomic mass is 32.2. The molecular weight excluding hydrogens is 302 g/mol. The molecule has 0 aromatic heterocycles. The molecule has 2 N–H and O–H groups in total. The Hall–Kier alpha value is -2.15. The SMILES string of the molecule is O=C(O)CC1S/C(=N/N=C2CCCc3ccccc32)NC1=O. The fourth-order valence-corrected chi connectivity index (χ4v) is 3.46. The molecule has 1 amide bonds. The van der Waals surface area contributed by atoms with Crippen molar-refractivity contribution in [2.75, 3.05) is 0 Å². The number of thioether (sulfide) groups is 1. The summed E-state index contributed by atoms with van der Waals surface area (Å²) in [6.45, 7) is 0. The Kier molecular flexibility index (Phi) is 4.24. The molecule has 6 nitrogen and oxygen atoms in total. The minimum Gasteiger partial charge on any atom is -0.481 e. The van der Waals surface area contributed by atoms with Gasteiger partial charge in [0.1, 0.15) is 5.25 Å². The van der Waals surface area contributed by atoms with Gasteiger partial charge in [0, 0.05) is 5.56 Å². The van der Waals surface area contributed by atoms with Crippen LogP contribution >= 0.6 is 11.8 Å². The van der Waals surface area contributed by atoms with Crippen molar-refractivity contribution in [3.05, 3.63) is 35.4 Å². The second-order valence-electron chi connectivity index (χ2n) is 5.16. The molecule has 1 fully saturated rings. The predicted molar refractivity (Wildman–Crippen MR) is 85.1 cm³/mol. The van der Waals surface area contributed by atoms with E-state index in [4.69, 9.17) is 5.11 Å². The number of hydrogen-bond acceptors (Lipinski definition) is 5. The molecule has 0 saturated carbocycles. The fraction of sp³-hybridized carbons (Fsp3) is 0.333. The van der Waals surface area contributed by atoms with Crippen molar-refractivity contribution in [2.24, 2.45) is 10.2 Å². The van der Waals surface area contributed by atoms with Gasteiger partial charge in [0.2, 0.25) is 5.91 Å². The van der Waals surface area contributed by atoms with E-state index in [2.05, 4.69) is 21.6 Å². The van der Waals surface area contributed by atoms with Crippen LogP contribution in [-0.2, 0) is 16.0 Å². The number of benzene rings is 1. The second kappa shape index (κ2) is 6.31. The lowest BCUT2D eigenvalue weighted by atomic mass is 9.90. The highest BCUT2D eigenvalue weighted by Crippen LogP contribution is 2.24. The number of aliphatic carboxylic acids is 1. The molecule has 7 heteroatoms. The van der Waals surface area contributed by atoms with Gasteiger partial charge in [0.05, 0.1) is 12.1 Å². The van der Waals surface area contributed by atoms with Gasteiger partial charge in [0.25, 0.3) is 0 Å². The molecule has 0 bridgehead atoms. The largest absolute Gasteiger partial charge is 0.481 e. The van der Waals surface area contributed by atoms with Crippen LogP contribution < -0.4 is 5.32 Å². The van der Waals surface area contributed by atoms with E-state index in [9.17, 15) is 9.59 Å². The maximum absolute atomic E-state index is 11.6. The Labute approximate surface area is 131 Å². The smallest absolute Gasteiger partial charge is 0.305 e. The number of hydrogen-bond donors (Lipinski definition) is 2. The predicted octanol–water partition coefficient (Wildman–Crippen LogP) is 1.79. The summed E-state index contributed by atoms with van der Waals surface area (Å²) < 4.78 is 0. The first-order valence-electron chi connectivity index (χ1n) is 7.05. The van der Waals surface area contributed by atoms with Gasteiger partial charge in [-0.2, -0.15) is 5.10 Å². The number of aryl methyl sites for hydroxylation is 1. The molecular formula is C15H15N3O3S. The third kappa shape index (κ3) is 3.19. The number of nitrogens with zero attached hydrogens (tertiary/aromatic N) is 2. The zero-order chi connectivity index (χ0) is 15.5. The molecule has 1 unspecified atom stereocenters. The zero-order valence-corrected chi connectivity index (χ0v) is 12.6. The molecule has 1 heterocycles. The van der Waals surface area contributed by atoms with E-state index in [1.54, 1.807) is 0 Å². The number of carbonyl (C=O) groups excluding carboxylic acids is 1. The number of rotatable bonds is 3. The molecule has 1 saturated heterocycles. The molecule has 1 atom stereocenters. The number of nitrogens with one attached hydrogen (secondary N) is 1. The van der Waals surface area contributed by atoms with Crippen molar-refractivity contribution >= 4 is 34.5 Å². The first kappa shape index (κ1) is 14.8. The van der Waals surface area contributed by atoms with Gasteiger partial charge >= 0.3 is 5.97 Å². The standard InChI is InChI=1S/C15H15N3O3S/c19-13(20)8-12-14(21)16-15(22-12)18-17-11-7-3-5-9-4-1-2-6-10(9)11/h1-2,4,6,12H,3,5,7-8H2,(H,19,20)(H,16,18,21). The molecule has 1 aromatic rings. The first-order chi connectivity index (χ1) is 10.6. The molecule has 1 aromatic carbocycles. The third-order valence-electron chi connectivity index (χ3n) is 3.59. The molecule has 1 aliphatic carbocycles. The number of carbonyl (C=O) groups is 2. The lowest BCUT2D eigenvalue weighted by molar-refractivity contribution is -0.138. The summed E-state index contributed by atoms with van der Waals surface area (Å²) >= 11 is 1.12. The monoisotopic (exact) mass is 317 g/mol. The van der Waals surface area contributed by atoms with Gasteiger partial charge in [0.15, 0.2) is 5.17 Å². The summed E-state index contributed by atoms with van der Waals surface area (Å²) in [4.78, 5) is 22.3. The first-order valence-corrected chi connectivity index (χ1v) is 7.93. The number of carboxylic acids is 1. The van der Waals surface area contributed by atoms with Crippen molar-refractivity contribution in [3.63, 3.8) is 0 Å². The molecule has 1 aliphatic heterocycles. The maximum Gasteiger partial charge on any atom is 0.305 e. The second-order valence-corrected chi connectivity index (χ2v) is 6.35. The summed E-state index contributed by atoms with van der Waals surface area (Å²) in [6.07, 6.45) is 2.71. The van der Waals surface area contributed by atoms with Gasteiger partial charge in [-0.3, -0.25) is 9.59 Å². The Morgan fingerprint density at radius 3 is 2.95 bits per heavy atom. The lowest BCUT2D eigenvalue weighted by Crippen LogP contribution is -2.26. The van der Waals surface area contributed by atoms with Crippen LogP contribution in [0.5, 0.6) is 0 Å². The van der Waals surface area contributed by atoms with Crippen LogP contribution in [0.15, 0.2) is 34.5 Å². The summed E-state index contributed by atoms with van der Waals surface area (Å²) in [5.41, 5.74) is 3.28. The quantitative estimate of drug-likeness (QED) is 0.832. The van der Waals surface area contributed by atoms with Crippen LogP contribution in [0.3, 0.4) is 0 Å². The van der Waals surface area contributed by atoms with E-state index in [0.29, 0.717) is 5.17 Å². The van der Waals surface area contributed by atoms with Crippen molar-refractivity contribution in [1.82, 2.24) is 5.32 Å². The maximum atomic E-state index is 11.6. The van der Waals surface area contributed by atoms with Crippen molar-refractivity contribution in [2.45, 2.75) is 30.9 Å². The summed E-state index contributed by atoms with van der Waals surface area (Å²) in [7, 11) is 0. The molecule has 114 valence electrons. The van der Waals surface area contributed by atoms with Crippen molar-refractivity contribution in [1.29, 1.82) is 0 Å². The zero-order valence-electron chi connectivity index (χ0n) is 11.8. The Bertz CT molecular complexity index is 684. The van der Waals surface area contributed by atoms with Gasteiger partial charge in [-0.05, 0) is 24.8 Å². The summed E-state index contributed by atoms with van der Waals surface area (Å²) in [6, 6.07) is 8.10. The van der Waals surface area contributed by atoms with E-state index >= 15 is 0 Å². The Morgan fingerprint density at radius 2 is 2.14 bits per heavy atom. The van der Waals surface area contributed by atoms with Gasteiger partial charge in [-0.25, -0.2) is 0 Å². The molecule has 2 aliphatic rings. The van der Waals surface area contributed by atoms with Crippen molar-refractivity contribution in [3.8, 4) is 0 Å². The average molecular weight is 317 g/mol. The number of carboxylic acid groups (broad SMARTS) is 1. The number of amides is 1. The minimum absolute atomic E-state index is 0.213. The Morgan fingerprint density at radius 1 is 1.32 bits per heavy atom. The lowest BCUT2D eigenvalue weighted by Gasteiger charge is -2.16. The van der Waals surface area contributed by atoms with Crippen LogP contribution in [0.2, 0.25) is 0 Å². The van der Waals surface area contributed by atoms with E-state index in [1.165, 1.54) is 5.56 Å². The van der Waals surface area contributed by atoms with E-state index in [1.807, 2.05) is 18.2 Å². The average Bonchev–Trinajstić information content (AvgIpc) is 2.84. The van der Waals surface area contributed by atoms with E-state index < -0.39 is 11.2 Å². The fourth-order valence-electron chi connectivity index (χ4n) is 2.56. The van der Waals surface area contributed by atoms with E-state index in [0.717, 1.165) is 42.3 Å². The van der Waals surface area contributed by atoms with Gasteiger partial charge in [-0.1, -0.05) is 36.0 Å². The Balaban J connectivity index is 1.77. The van der Waals surface area contributed by atoms with Crippen LogP contribution in [-0.4, -0.2) is 33.1 Å². The number of fused-ring (bicyclic) bond motifs is 1. The van der Waals surface area contributed by atoms with Crippen LogP contribution in [0.1, 0.15) is 30.4 Å². The highest BCUT2D eigenvalue weighted by Gasteiger charge is 2.32. The topological polar surface area (TPSA) is 91.1 Å². The van der Waals surface area contributed by atoms with Crippen LogP contribution in [0.25, 0.3) is 0 Å². The van der Waals surface area contributed by atoms with Gasteiger partial charge in [-0.15, -0.1) is 5.10 Å². The normalized spacial score (nSPS) is 24.4.